The van der Waals surface area contributed by atoms with E-state index >= 15 is 0 Å². The first kappa shape index (κ1) is 14.8. The number of aromatic nitrogens is 1. The molecule has 21 heavy (non-hydrogen) atoms. The minimum absolute atomic E-state index is 0.110. The Hall–Kier alpha value is -1.11. The van der Waals surface area contributed by atoms with Crippen molar-refractivity contribution in [3.05, 3.63) is 31.9 Å². The first-order chi connectivity index (χ1) is 10.0. The number of hydrogen-bond acceptors (Lipinski definition) is 5. The van der Waals surface area contributed by atoms with Gasteiger partial charge in [0.1, 0.15) is 5.92 Å². The van der Waals surface area contributed by atoms with E-state index in [2.05, 4.69) is 17.2 Å². The molecule has 2 heterocycles. The summed E-state index contributed by atoms with van der Waals surface area (Å²) < 4.78 is 0.767. The van der Waals surface area contributed by atoms with Gasteiger partial charge in [-0.3, -0.25) is 4.79 Å². The average Bonchev–Trinajstić information content (AvgIpc) is 3.03. The van der Waals surface area contributed by atoms with Crippen molar-refractivity contribution in [1.29, 1.82) is 0 Å². The molecule has 0 aromatic carbocycles. The number of halogens is 1. The summed E-state index contributed by atoms with van der Waals surface area (Å²) in [6.45, 7) is 2.05. The van der Waals surface area contributed by atoms with Gasteiger partial charge in [-0.2, -0.15) is 0 Å². The third-order valence-corrected chi connectivity index (χ3v) is 6.09. The van der Waals surface area contributed by atoms with Crippen molar-refractivity contribution in [3.8, 4) is 0 Å². The molecule has 0 amide bonds. The lowest BCUT2D eigenvalue weighted by Crippen LogP contribution is -2.17. The number of aryl methyl sites for hydroxylation is 1. The highest BCUT2D eigenvalue weighted by Crippen LogP contribution is 2.38. The first-order valence-corrected chi connectivity index (χ1v) is 8.80. The van der Waals surface area contributed by atoms with E-state index in [4.69, 9.17) is 11.6 Å². The van der Waals surface area contributed by atoms with Gasteiger partial charge in [0.25, 0.3) is 0 Å². The van der Waals surface area contributed by atoms with Crippen molar-refractivity contribution in [2.45, 2.75) is 38.1 Å². The molecule has 0 bridgehead atoms. The van der Waals surface area contributed by atoms with E-state index < -0.39 is 11.9 Å². The second-order valence-electron chi connectivity index (χ2n) is 5.12. The fourth-order valence-electron chi connectivity index (χ4n) is 2.54. The van der Waals surface area contributed by atoms with Crippen LogP contribution in [-0.4, -0.2) is 16.1 Å². The summed E-state index contributed by atoms with van der Waals surface area (Å²) in [6, 6.07) is 3.99. The summed E-state index contributed by atoms with van der Waals surface area (Å²) in [7, 11) is 0. The Balaban J connectivity index is 1.80. The molecule has 3 rings (SSSR count). The summed E-state index contributed by atoms with van der Waals surface area (Å²) in [5.74, 6) is -1.22. The third kappa shape index (κ3) is 3.07. The lowest BCUT2D eigenvalue weighted by molar-refractivity contribution is -0.139. The Morgan fingerprint density at radius 1 is 1.52 bits per heavy atom. The van der Waals surface area contributed by atoms with E-state index in [1.54, 1.807) is 22.7 Å². The van der Waals surface area contributed by atoms with Gasteiger partial charge in [-0.05, 0) is 38.3 Å². The van der Waals surface area contributed by atoms with Crippen LogP contribution >= 0.6 is 34.3 Å². The highest BCUT2D eigenvalue weighted by molar-refractivity contribution is 7.16. The zero-order valence-corrected chi connectivity index (χ0v) is 13.8. The Kier molecular flexibility index (Phi) is 4.19. The van der Waals surface area contributed by atoms with E-state index in [9.17, 15) is 9.90 Å². The Morgan fingerprint density at radius 2 is 2.33 bits per heavy atom. The molecular weight excluding hydrogens is 328 g/mol. The lowest BCUT2D eigenvalue weighted by atomic mass is 9.91. The second-order valence-corrected chi connectivity index (χ2v) is 7.95. The van der Waals surface area contributed by atoms with Crippen LogP contribution in [0.25, 0.3) is 0 Å². The molecule has 1 aliphatic rings. The van der Waals surface area contributed by atoms with Crippen molar-refractivity contribution in [3.63, 3.8) is 0 Å². The number of nitrogens with zero attached hydrogens (tertiary/aromatic N) is 1. The largest absolute Gasteiger partial charge is 0.481 e. The highest BCUT2D eigenvalue weighted by atomic mass is 35.5. The van der Waals surface area contributed by atoms with Gasteiger partial charge in [-0.15, -0.1) is 22.7 Å². The molecule has 0 fully saturated rings. The lowest BCUT2D eigenvalue weighted by Gasteiger charge is -2.16. The third-order valence-electron chi connectivity index (χ3n) is 3.61. The molecule has 4 nitrogen and oxygen atoms in total. The maximum absolute atomic E-state index is 11.3. The summed E-state index contributed by atoms with van der Waals surface area (Å²) in [5.41, 5.74) is 0.748. The number of thiazole rings is 1. The number of carbonyl (C=O) groups is 1. The minimum Gasteiger partial charge on any atom is -0.481 e. The predicted molar refractivity (Wildman–Crippen MR) is 86.8 cm³/mol. The van der Waals surface area contributed by atoms with Gasteiger partial charge in [0.2, 0.25) is 0 Å². The number of rotatable bonds is 4. The van der Waals surface area contributed by atoms with Gasteiger partial charge in [0.05, 0.1) is 16.1 Å². The summed E-state index contributed by atoms with van der Waals surface area (Å²) in [6.07, 6.45) is 2.53. The van der Waals surface area contributed by atoms with Gasteiger partial charge in [0.15, 0.2) is 5.13 Å². The van der Waals surface area contributed by atoms with Crippen molar-refractivity contribution >= 4 is 45.4 Å². The summed E-state index contributed by atoms with van der Waals surface area (Å²) >= 11 is 9.07. The van der Waals surface area contributed by atoms with Gasteiger partial charge in [0, 0.05) is 9.75 Å². The minimum atomic E-state index is -0.772. The molecule has 2 aromatic rings. The van der Waals surface area contributed by atoms with Crippen LogP contribution < -0.4 is 5.32 Å². The molecule has 2 N–H and O–H groups in total. The van der Waals surface area contributed by atoms with Crippen LogP contribution in [0.1, 0.15) is 47.2 Å². The molecule has 0 saturated heterocycles. The van der Waals surface area contributed by atoms with Gasteiger partial charge in [-0.25, -0.2) is 4.98 Å². The number of nitrogens with one attached hydrogen (secondary N) is 1. The second kappa shape index (κ2) is 5.94. The maximum atomic E-state index is 11.3. The number of anilines is 1. The van der Waals surface area contributed by atoms with E-state index in [0.717, 1.165) is 37.8 Å². The van der Waals surface area contributed by atoms with E-state index in [-0.39, 0.29) is 6.04 Å². The van der Waals surface area contributed by atoms with Crippen LogP contribution in [-0.2, 0) is 11.2 Å². The zero-order valence-electron chi connectivity index (χ0n) is 11.4. The first-order valence-electron chi connectivity index (χ1n) is 6.78. The zero-order chi connectivity index (χ0) is 15.0. The van der Waals surface area contributed by atoms with Crippen LogP contribution in [0, 0.1) is 0 Å². The molecule has 2 atom stereocenters. The smallest absolute Gasteiger partial charge is 0.312 e. The molecular formula is C14H15ClN2O2S2. The molecule has 2 aromatic heterocycles. The fraction of sp³-hybridized carbons (Fsp3) is 0.429. The monoisotopic (exact) mass is 342 g/mol. The molecule has 2 unspecified atom stereocenters. The molecule has 112 valence electrons. The summed E-state index contributed by atoms with van der Waals surface area (Å²) in [5, 5.41) is 13.4. The molecule has 0 aliphatic heterocycles. The average molecular weight is 343 g/mol. The van der Waals surface area contributed by atoms with Crippen LogP contribution in [0.5, 0.6) is 0 Å². The normalized spacial score (nSPS) is 19.0. The van der Waals surface area contributed by atoms with Crippen LogP contribution in [0.3, 0.4) is 0 Å². The number of carboxylic acids is 1. The number of aliphatic carboxylic acids is 1. The Labute approximate surface area is 135 Å². The number of thiophene rings is 1. The maximum Gasteiger partial charge on any atom is 0.312 e. The van der Waals surface area contributed by atoms with Gasteiger partial charge < -0.3 is 10.4 Å². The van der Waals surface area contributed by atoms with Crippen LogP contribution in [0.2, 0.25) is 4.34 Å². The molecule has 0 radical (unpaired) electrons. The molecule has 0 saturated carbocycles. The van der Waals surface area contributed by atoms with Crippen molar-refractivity contribution in [1.82, 2.24) is 4.98 Å². The topological polar surface area (TPSA) is 62.2 Å². The van der Waals surface area contributed by atoms with Crippen molar-refractivity contribution in [2.24, 2.45) is 0 Å². The highest BCUT2D eigenvalue weighted by Gasteiger charge is 2.30. The predicted octanol–water partition coefficient (Wildman–Crippen LogP) is 4.54. The summed E-state index contributed by atoms with van der Waals surface area (Å²) in [4.78, 5) is 18.1. The van der Waals surface area contributed by atoms with E-state index in [1.807, 2.05) is 12.1 Å². The van der Waals surface area contributed by atoms with Crippen LogP contribution in [0.15, 0.2) is 12.1 Å². The molecule has 7 heteroatoms. The van der Waals surface area contributed by atoms with Gasteiger partial charge >= 0.3 is 5.97 Å². The van der Waals surface area contributed by atoms with E-state index in [1.165, 1.54) is 0 Å². The quantitative estimate of drug-likeness (QED) is 0.856. The van der Waals surface area contributed by atoms with E-state index in [0.29, 0.717) is 6.42 Å². The number of fused-ring (bicyclic) bond motifs is 1. The van der Waals surface area contributed by atoms with Crippen molar-refractivity contribution in [2.75, 3.05) is 5.32 Å². The Bertz CT molecular complexity index is 668. The fourth-order valence-corrected chi connectivity index (χ4v) is 4.75. The molecule has 1 aliphatic carbocycles. The van der Waals surface area contributed by atoms with Gasteiger partial charge in [-0.1, -0.05) is 11.6 Å². The standard InChI is InChI=1S/C14H15ClN2O2S2/c1-7(9-5-6-11(15)20-9)16-14-17-12-8(13(18)19)3-2-4-10(12)21-14/h5-8H,2-4H2,1H3,(H,16,17)(H,18,19). The number of hydrogen-bond donors (Lipinski definition) is 2. The van der Waals surface area contributed by atoms with Crippen molar-refractivity contribution < 1.29 is 9.90 Å². The molecule has 0 spiro atoms. The SMILES string of the molecule is CC(Nc1nc2c(s1)CCCC2C(=O)O)c1ccc(Cl)s1. The Morgan fingerprint density at radius 3 is 3.00 bits per heavy atom. The van der Waals surface area contributed by atoms with Crippen LogP contribution in [0.4, 0.5) is 5.13 Å². The number of carboxylic acid groups (broad SMARTS) is 1.